The van der Waals surface area contributed by atoms with Crippen molar-refractivity contribution in [1.29, 1.82) is 0 Å². The van der Waals surface area contributed by atoms with Crippen molar-refractivity contribution >= 4 is 0 Å². The van der Waals surface area contributed by atoms with E-state index in [4.69, 9.17) is 0 Å². The molecule has 0 amide bonds. The summed E-state index contributed by atoms with van der Waals surface area (Å²) in [5, 5.41) is 0. The molecule has 1 nitrogen and oxygen atoms in total. The van der Waals surface area contributed by atoms with Crippen molar-refractivity contribution < 1.29 is 0 Å². The van der Waals surface area contributed by atoms with Gasteiger partial charge >= 0.3 is 0 Å². The molecule has 0 rings (SSSR count). The van der Waals surface area contributed by atoms with Gasteiger partial charge in [-0.1, -0.05) is 20.8 Å². The van der Waals surface area contributed by atoms with Crippen LogP contribution in [-0.2, 0) is 0 Å². The third-order valence-corrected chi connectivity index (χ3v) is 1.86. The molecule has 0 saturated carbocycles. The molecule has 61 valence electrons. The molecule has 0 fully saturated rings. The molecular weight excluding hydrogens is 122 g/mol. The van der Waals surface area contributed by atoms with E-state index in [2.05, 4.69) is 32.1 Å². The van der Waals surface area contributed by atoms with E-state index in [1.807, 2.05) is 0 Å². The SMILES string of the molecule is C[CH]CCCN(CC)CC. The Morgan fingerprint density at radius 1 is 1.20 bits per heavy atom. The van der Waals surface area contributed by atoms with Crippen LogP contribution in [0.3, 0.4) is 0 Å². The molecule has 0 aliphatic rings. The summed E-state index contributed by atoms with van der Waals surface area (Å²) in [6.07, 6.45) is 4.82. The fourth-order valence-corrected chi connectivity index (χ4v) is 1.06. The normalized spacial score (nSPS) is 10.8. The van der Waals surface area contributed by atoms with Crippen molar-refractivity contribution in [2.24, 2.45) is 0 Å². The van der Waals surface area contributed by atoms with Crippen LogP contribution in [0.25, 0.3) is 0 Å². The third kappa shape index (κ3) is 4.80. The second kappa shape index (κ2) is 7.07. The molecule has 0 aromatic carbocycles. The van der Waals surface area contributed by atoms with Gasteiger partial charge in [-0.05, 0) is 38.9 Å². The maximum atomic E-state index is 2.46. The fourth-order valence-electron chi connectivity index (χ4n) is 1.06. The highest BCUT2D eigenvalue weighted by molar-refractivity contribution is 4.58. The molecular formula is C9H20N. The highest BCUT2D eigenvalue weighted by Gasteiger charge is 1.95. The summed E-state index contributed by atoms with van der Waals surface area (Å²) in [6.45, 7) is 10.2. The van der Waals surface area contributed by atoms with E-state index in [0.717, 1.165) is 0 Å². The molecule has 0 N–H and O–H groups in total. The predicted octanol–water partition coefficient (Wildman–Crippen LogP) is 2.33. The first-order chi connectivity index (χ1) is 4.85. The Morgan fingerprint density at radius 2 is 1.80 bits per heavy atom. The Balaban J connectivity index is 3.09. The number of hydrogen-bond donors (Lipinski definition) is 0. The van der Waals surface area contributed by atoms with E-state index in [1.54, 1.807) is 0 Å². The van der Waals surface area contributed by atoms with Gasteiger partial charge in [0.15, 0.2) is 0 Å². The molecule has 1 heteroatoms. The van der Waals surface area contributed by atoms with Gasteiger partial charge in [0.25, 0.3) is 0 Å². The minimum Gasteiger partial charge on any atom is -0.304 e. The van der Waals surface area contributed by atoms with Gasteiger partial charge in [0.05, 0.1) is 0 Å². The van der Waals surface area contributed by atoms with E-state index in [1.165, 1.54) is 32.5 Å². The Kier molecular flexibility index (Phi) is 7.04. The van der Waals surface area contributed by atoms with Crippen molar-refractivity contribution in [2.45, 2.75) is 33.6 Å². The Bertz CT molecular complexity index is 57.7. The molecule has 0 spiro atoms. The highest BCUT2D eigenvalue weighted by atomic mass is 15.1. The van der Waals surface area contributed by atoms with Crippen molar-refractivity contribution in [1.82, 2.24) is 4.90 Å². The standard InChI is InChI=1S/C9H20N/c1-4-7-8-9-10(5-2)6-3/h4H,5-9H2,1-3H3. The quantitative estimate of drug-likeness (QED) is 0.514. The summed E-state index contributed by atoms with van der Waals surface area (Å²) >= 11 is 0. The molecule has 0 aromatic rings. The zero-order valence-electron chi connectivity index (χ0n) is 7.56. The molecule has 0 aliphatic heterocycles. The Morgan fingerprint density at radius 3 is 2.20 bits per heavy atom. The summed E-state index contributed by atoms with van der Waals surface area (Å²) < 4.78 is 0. The lowest BCUT2D eigenvalue weighted by molar-refractivity contribution is 0.299. The second-order valence-corrected chi connectivity index (χ2v) is 2.58. The molecule has 0 aliphatic carbocycles. The molecule has 0 unspecified atom stereocenters. The van der Waals surface area contributed by atoms with Gasteiger partial charge in [0.1, 0.15) is 0 Å². The third-order valence-electron chi connectivity index (χ3n) is 1.86. The second-order valence-electron chi connectivity index (χ2n) is 2.58. The van der Waals surface area contributed by atoms with Crippen LogP contribution in [0.2, 0.25) is 0 Å². The van der Waals surface area contributed by atoms with Gasteiger partial charge in [-0.2, -0.15) is 0 Å². The van der Waals surface area contributed by atoms with Gasteiger partial charge in [-0.3, -0.25) is 0 Å². The molecule has 0 saturated heterocycles. The lowest BCUT2D eigenvalue weighted by atomic mass is 10.2. The summed E-state index contributed by atoms with van der Waals surface area (Å²) in [4.78, 5) is 2.46. The van der Waals surface area contributed by atoms with Gasteiger partial charge in [0.2, 0.25) is 0 Å². The van der Waals surface area contributed by atoms with Crippen LogP contribution < -0.4 is 0 Å². The van der Waals surface area contributed by atoms with Crippen molar-refractivity contribution in [3.8, 4) is 0 Å². The summed E-state index contributed by atoms with van der Waals surface area (Å²) in [5.74, 6) is 0. The van der Waals surface area contributed by atoms with Crippen LogP contribution in [-0.4, -0.2) is 24.5 Å². The summed E-state index contributed by atoms with van der Waals surface area (Å²) in [5.41, 5.74) is 0. The number of rotatable bonds is 6. The number of hydrogen-bond acceptors (Lipinski definition) is 1. The minimum absolute atomic E-state index is 1.19. The van der Waals surface area contributed by atoms with Gasteiger partial charge in [0, 0.05) is 0 Å². The average molecular weight is 142 g/mol. The van der Waals surface area contributed by atoms with E-state index < -0.39 is 0 Å². The molecule has 0 heterocycles. The fraction of sp³-hybridized carbons (Fsp3) is 0.889. The van der Waals surface area contributed by atoms with E-state index in [-0.39, 0.29) is 0 Å². The highest BCUT2D eigenvalue weighted by Crippen LogP contribution is 1.96. The van der Waals surface area contributed by atoms with E-state index in [9.17, 15) is 0 Å². The van der Waals surface area contributed by atoms with Gasteiger partial charge < -0.3 is 4.90 Å². The van der Waals surface area contributed by atoms with Crippen LogP contribution in [0, 0.1) is 6.42 Å². The van der Waals surface area contributed by atoms with Gasteiger partial charge in [-0.15, -0.1) is 0 Å². The minimum atomic E-state index is 1.19. The topological polar surface area (TPSA) is 3.24 Å². The Hall–Kier alpha value is -0.0400. The summed E-state index contributed by atoms with van der Waals surface area (Å²) in [7, 11) is 0. The van der Waals surface area contributed by atoms with Crippen LogP contribution in [0.5, 0.6) is 0 Å². The predicted molar refractivity (Wildman–Crippen MR) is 47.0 cm³/mol. The lowest BCUT2D eigenvalue weighted by Gasteiger charge is -2.16. The van der Waals surface area contributed by atoms with Crippen LogP contribution >= 0.6 is 0 Å². The zero-order chi connectivity index (χ0) is 7.82. The molecule has 0 aromatic heterocycles. The smallest absolute Gasteiger partial charge is 0.00189 e. The molecule has 10 heavy (non-hydrogen) atoms. The number of nitrogens with zero attached hydrogens (tertiary/aromatic N) is 1. The largest absolute Gasteiger partial charge is 0.304 e. The van der Waals surface area contributed by atoms with E-state index >= 15 is 0 Å². The Labute approximate surface area is 65.4 Å². The molecule has 0 atom stereocenters. The lowest BCUT2D eigenvalue weighted by Crippen LogP contribution is -2.23. The van der Waals surface area contributed by atoms with Crippen molar-refractivity contribution in [2.75, 3.05) is 19.6 Å². The van der Waals surface area contributed by atoms with Crippen LogP contribution in [0.15, 0.2) is 0 Å². The first kappa shape index (κ1) is 9.96. The number of unbranched alkanes of at least 4 members (excludes halogenated alkanes) is 2. The maximum absolute atomic E-state index is 2.46. The summed E-state index contributed by atoms with van der Waals surface area (Å²) in [6, 6.07) is 0. The van der Waals surface area contributed by atoms with Gasteiger partial charge in [-0.25, -0.2) is 0 Å². The van der Waals surface area contributed by atoms with Crippen molar-refractivity contribution in [3.05, 3.63) is 6.42 Å². The first-order valence-electron chi connectivity index (χ1n) is 4.35. The first-order valence-corrected chi connectivity index (χ1v) is 4.35. The average Bonchev–Trinajstić information content (AvgIpc) is 1.99. The van der Waals surface area contributed by atoms with E-state index in [0.29, 0.717) is 0 Å². The zero-order valence-corrected chi connectivity index (χ0v) is 7.56. The molecule has 1 radical (unpaired) electrons. The maximum Gasteiger partial charge on any atom is -0.00189 e. The van der Waals surface area contributed by atoms with Crippen molar-refractivity contribution in [3.63, 3.8) is 0 Å². The molecule has 0 bridgehead atoms. The van der Waals surface area contributed by atoms with Crippen LogP contribution in [0.4, 0.5) is 0 Å². The van der Waals surface area contributed by atoms with Crippen LogP contribution in [0.1, 0.15) is 33.6 Å². The monoisotopic (exact) mass is 142 g/mol.